The van der Waals surface area contributed by atoms with Gasteiger partial charge >= 0.3 is 0 Å². The lowest BCUT2D eigenvalue weighted by Gasteiger charge is -2.16. The molecule has 0 fully saturated rings. The number of benzene rings is 1. The van der Waals surface area contributed by atoms with E-state index in [4.69, 9.17) is 15.6 Å². The topological polar surface area (TPSA) is 67.5 Å². The molecule has 1 aromatic rings. The highest BCUT2D eigenvalue weighted by atomic mass is 16.5. The summed E-state index contributed by atoms with van der Waals surface area (Å²) in [4.78, 5) is 0. The highest BCUT2D eigenvalue weighted by Crippen LogP contribution is 2.23. The number of nitrogens with one attached hydrogen (secondary N) is 1. The van der Waals surface area contributed by atoms with Gasteiger partial charge in [0.1, 0.15) is 5.75 Å². The Morgan fingerprint density at radius 3 is 2.69 bits per heavy atom. The Balaban J connectivity index is 2.78. The van der Waals surface area contributed by atoms with Gasteiger partial charge in [-0.2, -0.15) is 0 Å². The van der Waals surface area contributed by atoms with Crippen LogP contribution in [-0.4, -0.2) is 24.4 Å². The van der Waals surface area contributed by atoms with E-state index in [1.807, 2.05) is 26.0 Å². The molecule has 1 unspecified atom stereocenters. The summed E-state index contributed by atoms with van der Waals surface area (Å²) in [7, 11) is 0. The van der Waals surface area contributed by atoms with Gasteiger partial charge in [0, 0.05) is 29.5 Å². The molecular formula is C12H20N2O2. The van der Waals surface area contributed by atoms with Crippen LogP contribution >= 0.6 is 0 Å². The largest absolute Gasteiger partial charge is 0.494 e. The number of aliphatic hydroxyl groups is 1. The molecule has 1 aromatic carbocycles. The molecule has 1 rings (SSSR count). The van der Waals surface area contributed by atoms with Crippen molar-refractivity contribution >= 4 is 11.4 Å². The zero-order valence-electron chi connectivity index (χ0n) is 9.86. The van der Waals surface area contributed by atoms with Gasteiger partial charge in [-0.1, -0.05) is 6.92 Å². The highest BCUT2D eigenvalue weighted by Gasteiger charge is 2.05. The second-order valence-corrected chi connectivity index (χ2v) is 3.66. The Kier molecular flexibility index (Phi) is 4.92. The first-order chi connectivity index (χ1) is 7.69. The molecule has 0 radical (unpaired) electrons. The maximum Gasteiger partial charge on any atom is 0.123 e. The molecule has 16 heavy (non-hydrogen) atoms. The van der Waals surface area contributed by atoms with E-state index in [0.29, 0.717) is 12.3 Å². The fourth-order valence-corrected chi connectivity index (χ4v) is 1.47. The molecule has 90 valence electrons. The van der Waals surface area contributed by atoms with E-state index in [1.165, 1.54) is 0 Å². The smallest absolute Gasteiger partial charge is 0.123 e. The third kappa shape index (κ3) is 3.62. The molecule has 4 nitrogen and oxygen atoms in total. The number of rotatable bonds is 6. The zero-order chi connectivity index (χ0) is 12.0. The fourth-order valence-electron chi connectivity index (χ4n) is 1.47. The molecule has 0 spiro atoms. The average molecular weight is 224 g/mol. The summed E-state index contributed by atoms with van der Waals surface area (Å²) < 4.78 is 5.39. The summed E-state index contributed by atoms with van der Waals surface area (Å²) in [5.74, 6) is 0.748. The summed E-state index contributed by atoms with van der Waals surface area (Å²) in [6, 6.07) is 5.56. The van der Waals surface area contributed by atoms with Crippen molar-refractivity contribution in [1.82, 2.24) is 0 Å². The van der Waals surface area contributed by atoms with Crippen LogP contribution in [0, 0.1) is 0 Å². The number of hydrogen-bond acceptors (Lipinski definition) is 4. The molecule has 0 aliphatic rings. The lowest BCUT2D eigenvalue weighted by molar-refractivity contribution is 0.272. The van der Waals surface area contributed by atoms with Crippen LogP contribution in [0.15, 0.2) is 18.2 Å². The van der Waals surface area contributed by atoms with E-state index in [1.54, 1.807) is 6.07 Å². The fraction of sp³-hybridized carbons (Fsp3) is 0.500. The molecule has 0 aliphatic carbocycles. The Labute approximate surface area is 96.4 Å². The molecular weight excluding hydrogens is 204 g/mol. The number of nitrogens with two attached hydrogens (primary N) is 1. The van der Waals surface area contributed by atoms with Crippen LogP contribution < -0.4 is 15.8 Å². The molecule has 0 amide bonds. The summed E-state index contributed by atoms with van der Waals surface area (Å²) in [6.45, 7) is 4.66. The van der Waals surface area contributed by atoms with Crippen molar-refractivity contribution in [2.45, 2.75) is 26.3 Å². The summed E-state index contributed by atoms with van der Waals surface area (Å²) in [6.07, 6.45) is 0.856. The quantitative estimate of drug-likeness (QED) is 0.645. The number of anilines is 2. The Morgan fingerprint density at radius 2 is 2.12 bits per heavy atom. The number of aliphatic hydroxyl groups excluding tert-OH is 1. The minimum atomic E-state index is 0.0521. The van der Waals surface area contributed by atoms with E-state index in [0.717, 1.165) is 17.9 Å². The second-order valence-electron chi connectivity index (χ2n) is 3.66. The van der Waals surface area contributed by atoms with Crippen molar-refractivity contribution in [3.63, 3.8) is 0 Å². The van der Waals surface area contributed by atoms with Crippen LogP contribution in [-0.2, 0) is 0 Å². The van der Waals surface area contributed by atoms with Crippen LogP contribution in [0.25, 0.3) is 0 Å². The third-order valence-corrected chi connectivity index (χ3v) is 2.32. The number of hydrogen-bond donors (Lipinski definition) is 3. The molecule has 0 aliphatic heterocycles. The molecule has 0 saturated heterocycles. The zero-order valence-corrected chi connectivity index (χ0v) is 9.86. The Morgan fingerprint density at radius 1 is 1.38 bits per heavy atom. The molecule has 1 atom stereocenters. The van der Waals surface area contributed by atoms with E-state index in [-0.39, 0.29) is 12.6 Å². The van der Waals surface area contributed by atoms with Crippen molar-refractivity contribution in [3.05, 3.63) is 18.2 Å². The SMILES string of the molecule is CCOc1cc(N)cc(NC(CC)CO)c1. The predicted octanol–water partition coefficient (Wildman–Crippen LogP) is 1.85. The van der Waals surface area contributed by atoms with Crippen molar-refractivity contribution in [1.29, 1.82) is 0 Å². The molecule has 4 heteroatoms. The van der Waals surface area contributed by atoms with E-state index in [9.17, 15) is 0 Å². The van der Waals surface area contributed by atoms with Gasteiger partial charge in [-0.05, 0) is 19.4 Å². The first-order valence-electron chi connectivity index (χ1n) is 5.60. The van der Waals surface area contributed by atoms with Crippen LogP contribution in [0.1, 0.15) is 20.3 Å². The number of nitrogen functional groups attached to an aromatic ring is 1. The highest BCUT2D eigenvalue weighted by molar-refractivity contribution is 5.59. The summed E-state index contributed by atoms with van der Waals surface area (Å²) in [5, 5.41) is 12.3. The van der Waals surface area contributed by atoms with Crippen molar-refractivity contribution in [2.75, 3.05) is 24.3 Å². The summed E-state index contributed by atoms with van der Waals surface area (Å²) >= 11 is 0. The molecule has 0 aromatic heterocycles. The van der Waals surface area contributed by atoms with Crippen LogP contribution in [0.3, 0.4) is 0 Å². The van der Waals surface area contributed by atoms with Crippen LogP contribution in [0.2, 0.25) is 0 Å². The first-order valence-corrected chi connectivity index (χ1v) is 5.60. The van der Waals surface area contributed by atoms with Gasteiger partial charge in [-0.15, -0.1) is 0 Å². The molecule has 4 N–H and O–H groups in total. The standard InChI is InChI=1S/C12H20N2O2/c1-3-10(8-15)14-11-5-9(13)6-12(7-11)16-4-2/h5-7,10,14-15H,3-4,8,13H2,1-2H3. The lowest BCUT2D eigenvalue weighted by Crippen LogP contribution is -2.22. The van der Waals surface area contributed by atoms with Crippen molar-refractivity contribution < 1.29 is 9.84 Å². The normalized spacial score (nSPS) is 12.2. The predicted molar refractivity (Wildman–Crippen MR) is 66.8 cm³/mol. The van der Waals surface area contributed by atoms with Gasteiger partial charge in [0.25, 0.3) is 0 Å². The molecule has 0 bridgehead atoms. The van der Waals surface area contributed by atoms with Gasteiger partial charge in [-0.3, -0.25) is 0 Å². The Bertz CT molecular complexity index is 325. The molecule has 0 heterocycles. The first kappa shape index (κ1) is 12.6. The minimum absolute atomic E-state index is 0.0521. The van der Waals surface area contributed by atoms with Crippen molar-refractivity contribution in [3.8, 4) is 5.75 Å². The average Bonchev–Trinajstić information content (AvgIpc) is 2.25. The van der Waals surface area contributed by atoms with Gasteiger partial charge in [-0.25, -0.2) is 0 Å². The van der Waals surface area contributed by atoms with E-state index >= 15 is 0 Å². The maximum atomic E-state index is 9.10. The second kappa shape index (κ2) is 6.23. The minimum Gasteiger partial charge on any atom is -0.494 e. The van der Waals surface area contributed by atoms with E-state index in [2.05, 4.69) is 5.32 Å². The van der Waals surface area contributed by atoms with Gasteiger partial charge in [0.05, 0.1) is 13.2 Å². The van der Waals surface area contributed by atoms with Gasteiger partial charge in [0.15, 0.2) is 0 Å². The Hall–Kier alpha value is -1.42. The van der Waals surface area contributed by atoms with Crippen molar-refractivity contribution in [2.24, 2.45) is 0 Å². The maximum absolute atomic E-state index is 9.10. The summed E-state index contributed by atoms with van der Waals surface area (Å²) in [5.41, 5.74) is 7.30. The third-order valence-electron chi connectivity index (χ3n) is 2.32. The van der Waals surface area contributed by atoms with Gasteiger partial charge in [0.2, 0.25) is 0 Å². The monoisotopic (exact) mass is 224 g/mol. The molecule has 0 saturated carbocycles. The van der Waals surface area contributed by atoms with E-state index < -0.39 is 0 Å². The lowest BCUT2D eigenvalue weighted by atomic mass is 10.2. The van der Waals surface area contributed by atoms with Gasteiger partial charge < -0.3 is 20.9 Å². The number of ether oxygens (including phenoxy) is 1. The van der Waals surface area contributed by atoms with Crippen LogP contribution in [0.5, 0.6) is 5.75 Å². The van der Waals surface area contributed by atoms with Crippen LogP contribution in [0.4, 0.5) is 11.4 Å².